The van der Waals surface area contributed by atoms with Crippen molar-refractivity contribution >= 4 is 39.3 Å². The molecule has 6 nitrogen and oxygen atoms in total. The third-order valence-corrected chi connectivity index (χ3v) is 7.94. The fourth-order valence-electron chi connectivity index (χ4n) is 5.60. The zero-order valence-electron chi connectivity index (χ0n) is 23.3. The second kappa shape index (κ2) is 12.4. The summed E-state index contributed by atoms with van der Waals surface area (Å²) >= 11 is 6.51. The number of aryl methyl sites for hydroxylation is 1. The van der Waals surface area contributed by atoms with Gasteiger partial charge in [0.25, 0.3) is 5.91 Å². The van der Waals surface area contributed by atoms with Gasteiger partial charge in [0.1, 0.15) is 11.9 Å². The number of hydrogen-bond acceptors (Lipinski definition) is 4. The van der Waals surface area contributed by atoms with Crippen LogP contribution in [0.3, 0.4) is 0 Å². The van der Waals surface area contributed by atoms with Gasteiger partial charge in [0.15, 0.2) is 0 Å². The van der Waals surface area contributed by atoms with Gasteiger partial charge in [0, 0.05) is 60.1 Å². The molecule has 0 saturated carbocycles. The van der Waals surface area contributed by atoms with Crippen molar-refractivity contribution in [3.05, 3.63) is 76.8 Å². The van der Waals surface area contributed by atoms with E-state index in [2.05, 4.69) is 69.1 Å². The number of fused-ring (bicyclic) bond motifs is 3. The van der Waals surface area contributed by atoms with Crippen LogP contribution in [0.15, 0.2) is 60.7 Å². The van der Waals surface area contributed by atoms with Crippen molar-refractivity contribution in [2.45, 2.75) is 45.4 Å². The van der Waals surface area contributed by atoms with Gasteiger partial charge < -0.3 is 19.5 Å². The van der Waals surface area contributed by atoms with Gasteiger partial charge in [-0.15, -0.1) is 0 Å². The normalized spacial score (nSPS) is 14.9. The number of carbonyl (C=O) groups excluding carboxylic acids is 1. The number of rotatable bonds is 10. The number of likely N-dealkylation sites (tertiary alicyclic amines) is 1. The first-order valence-electron chi connectivity index (χ1n) is 14.0. The van der Waals surface area contributed by atoms with E-state index in [1.54, 1.807) is 12.1 Å². The third kappa shape index (κ3) is 6.40. The monoisotopic (exact) mass is 546 g/mol. The molecule has 1 aromatic heterocycles. The van der Waals surface area contributed by atoms with Gasteiger partial charge in [-0.1, -0.05) is 35.9 Å². The van der Waals surface area contributed by atoms with Gasteiger partial charge in [-0.3, -0.25) is 9.69 Å². The quantitative estimate of drug-likeness (QED) is 0.241. The molecule has 3 aromatic carbocycles. The van der Waals surface area contributed by atoms with Crippen LogP contribution in [-0.2, 0) is 13.1 Å². The number of amides is 1. The van der Waals surface area contributed by atoms with Crippen LogP contribution in [0.2, 0.25) is 5.02 Å². The van der Waals surface area contributed by atoms with E-state index in [1.165, 1.54) is 27.4 Å². The molecule has 0 aliphatic carbocycles. The second-order valence-electron chi connectivity index (χ2n) is 10.8. The Hall–Kier alpha value is -3.06. The predicted molar refractivity (Wildman–Crippen MR) is 161 cm³/mol. The van der Waals surface area contributed by atoms with Gasteiger partial charge in [0.05, 0.1) is 5.02 Å². The highest BCUT2D eigenvalue weighted by atomic mass is 35.5. The maximum atomic E-state index is 12.5. The molecule has 0 radical (unpaired) electrons. The molecule has 39 heavy (non-hydrogen) atoms. The molecule has 1 fully saturated rings. The van der Waals surface area contributed by atoms with Crippen molar-refractivity contribution in [2.75, 3.05) is 40.3 Å². The highest BCUT2D eigenvalue weighted by Gasteiger charge is 2.22. The minimum absolute atomic E-state index is 0.104. The summed E-state index contributed by atoms with van der Waals surface area (Å²) in [5.74, 6) is 0.546. The van der Waals surface area contributed by atoms with Crippen molar-refractivity contribution in [2.24, 2.45) is 0 Å². The van der Waals surface area contributed by atoms with E-state index in [4.69, 9.17) is 16.3 Å². The molecule has 206 valence electrons. The average Bonchev–Trinajstić information content (AvgIpc) is 3.26. The number of para-hydroxylation sites is 1. The van der Waals surface area contributed by atoms with Crippen molar-refractivity contribution < 1.29 is 9.53 Å². The highest BCUT2D eigenvalue weighted by Crippen LogP contribution is 2.31. The molecule has 1 aliphatic rings. The molecular weight excluding hydrogens is 508 g/mol. The van der Waals surface area contributed by atoms with Crippen molar-refractivity contribution in [1.82, 2.24) is 19.7 Å². The van der Waals surface area contributed by atoms with E-state index in [0.29, 0.717) is 22.9 Å². The molecule has 5 rings (SSSR count). The number of hydrogen-bond donors (Lipinski definition) is 1. The minimum atomic E-state index is -0.104. The van der Waals surface area contributed by atoms with Crippen molar-refractivity contribution in [3.8, 4) is 5.75 Å². The fourth-order valence-corrected chi connectivity index (χ4v) is 5.82. The van der Waals surface area contributed by atoms with E-state index in [1.807, 2.05) is 20.2 Å². The van der Waals surface area contributed by atoms with E-state index < -0.39 is 0 Å². The van der Waals surface area contributed by atoms with E-state index >= 15 is 0 Å². The summed E-state index contributed by atoms with van der Waals surface area (Å²) in [4.78, 5) is 17.1. The molecule has 0 bridgehead atoms. The summed E-state index contributed by atoms with van der Waals surface area (Å²) in [6.45, 7) is 7.64. The van der Waals surface area contributed by atoms with Crippen LogP contribution in [0.4, 0.5) is 0 Å². The second-order valence-corrected chi connectivity index (χ2v) is 11.2. The largest absolute Gasteiger partial charge is 0.489 e. The summed E-state index contributed by atoms with van der Waals surface area (Å²) in [6.07, 6.45) is 2.92. The molecule has 4 aromatic rings. The standard InChI is InChI=1S/C32H39ClN4O2/c1-4-37-29-9-6-5-8-26(29)27-20-23(10-12-30(27)37)22-36-18-14-25(15-19-36)39-31-13-11-24(21-28(31)33)32(38)34-16-7-17-35(2)3/h5-6,8-13,20-21,25H,4,7,14-19,22H2,1-3H3,(H,34,38). The number of ether oxygens (including phenoxy) is 1. The van der Waals surface area contributed by atoms with Crippen LogP contribution in [0.1, 0.15) is 42.1 Å². The highest BCUT2D eigenvalue weighted by molar-refractivity contribution is 6.32. The van der Waals surface area contributed by atoms with E-state index in [0.717, 1.165) is 52.0 Å². The summed E-state index contributed by atoms with van der Waals surface area (Å²) in [5.41, 5.74) is 4.52. The van der Waals surface area contributed by atoms with Crippen LogP contribution in [0.5, 0.6) is 5.75 Å². The lowest BCUT2D eigenvalue weighted by Crippen LogP contribution is -2.37. The van der Waals surface area contributed by atoms with Crippen LogP contribution in [0, 0.1) is 0 Å². The number of piperidine rings is 1. The first-order chi connectivity index (χ1) is 18.9. The number of aromatic nitrogens is 1. The molecule has 1 saturated heterocycles. The van der Waals surface area contributed by atoms with Gasteiger partial charge in [-0.05, 0) is 88.8 Å². The van der Waals surface area contributed by atoms with Crippen LogP contribution >= 0.6 is 11.6 Å². The van der Waals surface area contributed by atoms with Gasteiger partial charge >= 0.3 is 0 Å². The fraction of sp³-hybridized carbons (Fsp3) is 0.406. The molecule has 1 aliphatic heterocycles. The number of nitrogens with zero attached hydrogens (tertiary/aromatic N) is 3. The van der Waals surface area contributed by atoms with Gasteiger partial charge in [-0.25, -0.2) is 0 Å². The summed E-state index contributed by atoms with van der Waals surface area (Å²) < 4.78 is 8.66. The Morgan fingerprint density at radius 3 is 2.54 bits per heavy atom. The molecular formula is C32H39ClN4O2. The lowest BCUT2D eigenvalue weighted by atomic mass is 10.1. The first-order valence-corrected chi connectivity index (χ1v) is 14.4. The van der Waals surface area contributed by atoms with Crippen molar-refractivity contribution in [3.63, 3.8) is 0 Å². The molecule has 2 heterocycles. The number of halogens is 1. The van der Waals surface area contributed by atoms with Gasteiger partial charge in [-0.2, -0.15) is 0 Å². The Balaban J connectivity index is 1.15. The Morgan fingerprint density at radius 1 is 1.03 bits per heavy atom. The summed E-state index contributed by atoms with van der Waals surface area (Å²) in [7, 11) is 4.05. The molecule has 7 heteroatoms. The molecule has 0 spiro atoms. The summed E-state index contributed by atoms with van der Waals surface area (Å²) in [5, 5.41) is 6.11. The van der Waals surface area contributed by atoms with E-state index in [9.17, 15) is 4.79 Å². The zero-order chi connectivity index (χ0) is 27.4. The van der Waals surface area contributed by atoms with Gasteiger partial charge in [0.2, 0.25) is 0 Å². The number of carbonyl (C=O) groups is 1. The molecule has 0 atom stereocenters. The van der Waals surface area contributed by atoms with Crippen LogP contribution in [0.25, 0.3) is 21.8 Å². The minimum Gasteiger partial charge on any atom is -0.489 e. The van der Waals surface area contributed by atoms with E-state index in [-0.39, 0.29) is 12.0 Å². The van der Waals surface area contributed by atoms with Crippen molar-refractivity contribution in [1.29, 1.82) is 0 Å². The predicted octanol–water partition coefficient (Wildman–Crippen LogP) is 6.19. The Labute approximate surface area is 236 Å². The lowest BCUT2D eigenvalue weighted by Gasteiger charge is -2.32. The SMILES string of the molecule is CCn1c2ccccc2c2cc(CN3CCC(Oc4ccc(C(=O)NCCCN(C)C)cc4Cl)CC3)ccc21. The Bertz CT molecular complexity index is 1440. The molecule has 0 unspecified atom stereocenters. The maximum absolute atomic E-state index is 12.5. The maximum Gasteiger partial charge on any atom is 0.251 e. The first kappa shape index (κ1) is 27.5. The Morgan fingerprint density at radius 2 is 1.79 bits per heavy atom. The van der Waals surface area contributed by atoms with Crippen LogP contribution in [-0.4, -0.2) is 66.7 Å². The zero-order valence-corrected chi connectivity index (χ0v) is 24.0. The topological polar surface area (TPSA) is 49.7 Å². The number of nitrogens with one attached hydrogen (secondary N) is 1. The Kier molecular flexibility index (Phi) is 8.75. The summed E-state index contributed by atoms with van der Waals surface area (Å²) in [6, 6.07) is 20.9. The third-order valence-electron chi connectivity index (χ3n) is 7.65. The molecule has 1 N–H and O–H groups in total. The van der Waals surface area contributed by atoms with Crippen LogP contribution < -0.4 is 10.1 Å². The molecule has 1 amide bonds. The average molecular weight is 547 g/mol. The lowest BCUT2D eigenvalue weighted by molar-refractivity contribution is 0.0949. The number of benzene rings is 3. The smallest absolute Gasteiger partial charge is 0.251 e.